The number of anilines is 1. The largest absolute Gasteiger partial charge is 0.379 e. The third kappa shape index (κ3) is 3.59. The molecule has 0 spiro atoms. The van der Waals surface area contributed by atoms with E-state index in [1.807, 2.05) is 5.38 Å². The van der Waals surface area contributed by atoms with Crippen molar-refractivity contribution in [3.63, 3.8) is 0 Å². The van der Waals surface area contributed by atoms with Gasteiger partial charge in [0.25, 0.3) is 5.91 Å². The first kappa shape index (κ1) is 18.4. The van der Waals surface area contributed by atoms with E-state index in [9.17, 15) is 4.79 Å². The molecule has 0 saturated heterocycles. The quantitative estimate of drug-likeness (QED) is 0.633. The maximum atomic E-state index is 12.4. The Kier molecular flexibility index (Phi) is 5.03. The third-order valence-corrected chi connectivity index (χ3v) is 5.05. The van der Waals surface area contributed by atoms with Gasteiger partial charge in [-0.25, -0.2) is 4.98 Å². The highest BCUT2D eigenvalue weighted by Crippen LogP contribution is 2.34. The number of hydrogen-bond acceptors (Lipinski definition) is 4. The average molecular weight is 386 g/mol. The van der Waals surface area contributed by atoms with E-state index in [-0.39, 0.29) is 23.9 Å². The molecule has 4 rings (SSSR count). The van der Waals surface area contributed by atoms with Crippen molar-refractivity contribution < 1.29 is 4.79 Å². The smallest absolute Gasteiger partial charge is 0.252 e. The normalized spacial score (nSPS) is 16.5. The molecule has 1 aliphatic rings. The number of hydrogen-bond donors (Lipinski definition) is 2. The predicted octanol–water partition coefficient (Wildman–Crippen LogP) is 4.62. The monoisotopic (exact) mass is 385 g/mol. The van der Waals surface area contributed by atoms with Crippen molar-refractivity contribution in [1.29, 1.82) is 0 Å². The number of aromatic nitrogens is 1. The molecule has 0 aliphatic carbocycles. The van der Waals surface area contributed by atoms with Crippen LogP contribution in [0.4, 0.5) is 5.13 Å². The maximum Gasteiger partial charge on any atom is 0.252 e. The van der Waals surface area contributed by atoms with Gasteiger partial charge >= 0.3 is 0 Å². The molecule has 2 aromatic carbocycles. The van der Waals surface area contributed by atoms with Gasteiger partial charge in [-0.2, -0.15) is 0 Å². The zero-order valence-corrected chi connectivity index (χ0v) is 16.2. The number of fused-ring (bicyclic) bond motifs is 3. The third-order valence-electron chi connectivity index (χ3n) is 4.36. The average Bonchev–Trinajstić information content (AvgIpc) is 3.06. The Morgan fingerprint density at radius 1 is 1.27 bits per heavy atom. The lowest BCUT2D eigenvalue weighted by molar-refractivity contribution is -0.111. The Bertz CT molecular complexity index is 980. The van der Waals surface area contributed by atoms with Gasteiger partial charge in [-0.3, -0.25) is 10.1 Å². The van der Waals surface area contributed by atoms with Crippen LogP contribution < -0.4 is 10.6 Å². The Morgan fingerprint density at radius 3 is 2.85 bits per heavy atom. The molecule has 0 saturated carbocycles. The number of carbonyl (C=O) groups excluding carboxylic acids is 1. The molecule has 3 aromatic rings. The van der Waals surface area contributed by atoms with E-state index in [2.05, 4.69) is 65.9 Å². The van der Waals surface area contributed by atoms with E-state index in [0.717, 1.165) is 17.7 Å². The lowest BCUT2D eigenvalue weighted by Gasteiger charge is -2.36. The van der Waals surface area contributed by atoms with Crippen LogP contribution in [0.1, 0.15) is 25.0 Å². The molecule has 0 bridgehead atoms. The first-order valence-corrected chi connectivity index (χ1v) is 9.11. The SMILES string of the molecule is CC1(C)Cc2c(ccc3ccccc23)C(=CC(=O)Nc2nccs2)N1.Cl. The van der Waals surface area contributed by atoms with Gasteiger partial charge < -0.3 is 5.32 Å². The van der Waals surface area contributed by atoms with E-state index in [0.29, 0.717) is 5.13 Å². The topological polar surface area (TPSA) is 54.0 Å². The minimum atomic E-state index is -0.172. The van der Waals surface area contributed by atoms with Gasteiger partial charge in [0.15, 0.2) is 5.13 Å². The predicted molar refractivity (Wildman–Crippen MR) is 111 cm³/mol. The Labute approximate surface area is 162 Å². The Balaban J connectivity index is 0.00000196. The van der Waals surface area contributed by atoms with Crippen molar-refractivity contribution in [2.45, 2.75) is 25.8 Å². The van der Waals surface area contributed by atoms with Crippen molar-refractivity contribution in [3.05, 3.63) is 65.2 Å². The van der Waals surface area contributed by atoms with Crippen molar-refractivity contribution in [2.75, 3.05) is 5.32 Å². The van der Waals surface area contributed by atoms with Crippen LogP contribution in [0.25, 0.3) is 16.5 Å². The zero-order valence-electron chi connectivity index (χ0n) is 14.6. The number of benzene rings is 2. The van der Waals surface area contributed by atoms with Crippen LogP contribution in [0, 0.1) is 0 Å². The fourth-order valence-corrected chi connectivity index (χ4v) is 3.90. The number of rotatable bonds is 2. The van der Waals surface area contributed by atoms with Crippen molar-refractivity contribution in [3.8, 4) is 0 Å². The lowest BCUT2D eigenvalue weighted by atomic mass is 9.83. The molecule has 26 heavy (non-hydrogen) atoms. The molecule has 134 valence electrons. The summed E-state index contributed by atoms with van der Waals surface area (Å²) in [5, 5.41) is 11.2. The van der Waals surface area contributed by atoms with Crippen molar-refractivity contribution in [1.82, 2.24) is 10.3 Å². The zero-order chi connectivity index (χ0) is 17.4. The summed E-state index contributed by atoms with van der Waals surface area (Å²) in [6, 6.07) is 12.6. The van der Waals surface area contributed by atoms with Gasteiger partial charge in [-0.05, 0) is 36.6 Å². The molecular weight excluding hydrogens is 366 g/mol. The fraction of sp³-hybridized carbons (Fsp3) is 0.200. The molecule has 0 radical (unpaired) electrons. The fourth-order valence-electron chi connectivity index (χ4n) is 3.37. The van der Waals surface area contributed by atoms with E-state index >= 15 is 0 Å². The van der Waals surface area contributed by atoms with E-state index in [1.165, 1.54) is 27.7 Å². The van der Waals surface area contributed by atoms with E-state index < -0.39 is 0 Å². The highest BCUT2D eigenvalue weighted by atomic mass is 35.5. The summed E-state index contributed by atoms with van der Waals surface area (Å²) in [5.74, 6) is -0.172. The summed E-state index contributed by atoms with van der Waals surface area (Å²) in [6.07, 6.45) is 4.22. The molecule has 6 heteroatoms. The van der Waals surface area contributed by atoms with E-state index in [4.69, 9.17) is 0 Å². The van der Waals surface area contributed by atoms with Gasteiger partial charge in [0.2, 0.25) is 0 Å². The highest BCUT2D eigenvalue weighted by Gasteiger charge is 2.29. The summed E-state index contributed by atoms with van der Waals surface area (Å²) >= 11 is 1.41. The molecule has 1 amide bonds. The van der Waals surface area contributed by atoms with Crippen LogP contribution in [0.2, 0.25) is 0 Å². The molecule has 0 fully saturated rings. The number of nitrogens with one attached hydrogen (secondary N) is 2. The van der Waals surface area contributed by atoms with Crippen molar-refractivity contribution in [2.24, 2.45) is 0 Å². The number of carbonyl (C=O) groups is 1. The molecule has 0 atom stereocenters. The standard InChI is InChI=1S/C20H19N3OS.ClH/c1-20(2)12-16-14-6-4-3-5-13(14)7-8-15(16)17(23-20)11-18(24)22-19-21-9-10-25-19;/h3-11,23H,12H2,1-2H3,(H,21,22,24);1H. The molecule has 2 heterocycles. The number of amides is 1. The Morgan fingerprint density at radius 2 is 2.08 bits per heavy atom. The maximum absolute atomic E-state index is 12.4. The summed E-state index contributed by atoms with van der Waals surface area (Å²) in [6.45, 7) is 4.31. The summed E-state index contributed by atoms with van der Waals surface area (Å²) in [7, 11) is 0. The van der Waals surface area contributed by atoms with E-state index in [1.54, 1.807) is 12.3 Å². The minimum Gasteiger partial charge on any atom is -0.379 e. The molecule has 1 aliphatic heterocycles. The number of halogens is 1. The van der Waals surface area contributed by atoms with Gasteiger partial charge in [-0.1, -0.05) is 36.4 Å². The first-order valence-electron chi connectivity index (χ1n) is 8.23. The van der Waals surface area contributed by atoms with Crippen LogP contribution in [-0.4, -0.2) is 16.4 Å². The minimum absolute atomic E-state index is 0. The summed E-state index contributed by atoms with van der Waals surface area (Å²) in [4.78, 5) is 16.5. The highest BCUT2D eigenvalue weighted by molar-refractivity contribution is 7.13. The van der Waals surface area contributed by atoms with Crippen molar-refractivity contribution >= 4 is 51.3 Å². The van der Waals surface area contributed by atoms with Crippen LogP contribution in [0.15, 0.2) is 54.1 Å². The summed E-state index contributed by atoms with van der Waals surface area (Å²) < 4.78 is 0. The lowest BCUT2D eigenvalue weighted by Crippen LogP contribution is -2.44. The molecule has 1 aromatic heterocycles. The molecule has 0 unspecified atom stereocenters. The molecular formula is C20H20ClN3OS. The van der Waals surface area contributed by atoms with Crippen LogP contribution in [-0.2, 0) is 11.2 Å². The van der Waals surface area contributed by atoms with Crippen LogP contribution in [0.3, 0.4) is 0 Å². The summed E-state index contributed by atoms with van der Waals surface area (Å²) in [5.41, 5.74) is 3.11. The van der Waals surface area contributed by atoms with Gasteiger partial charge in [0, 0.05) is 34.5 Å². The van der Waals surface area contributed by atoms with Crippen LogP contribution >= 0.6 is 23.7 Å². The first-order chi connectivity index (χ1) is 12.0. The van der Waals surface area contributed by atoms with Gasteiger partial charge in [-0.15, -0.1) is 23.7 Å². The van der Waals surface area contributed by atoms with Gasteiger partial charge in [0.05, 0.1) is 0 Å². The Hall–Kier alpha value is -2.37. The second-order valence-corrected chi connectivity index (χ2v) is 7.78. The molecule has 4 nitrogen and oxygen atoms in total. The number of thiazole rings is 1. The number of nitrogens with zero attached hydrogens (tertiary/aromatic N) is 1. The van der Waals surface area contributed by atoms with Crippen LogP contribution in [0.5, 0.6) is 0 Å². The van der Waals surface area contributed by atoms with Gasteiger partial charge in [0.1, 0.15) is 0 Å². The molecule has 2 N–H and O–H groups in total. The second kappa shape index (κ2) is 7.09. The second-order valence-electron chi connectivity index (χ2n) is 6.88.